The highest BCUT2D eigenvalue weighted by molar-refractivity contribution is 5.86. The van der Waals surface area contributed by atoms with Crippen LogP contribution in [0.5, 0.6) is 11.5 Å². The highest BCUT2D eigenvalue weighted by Gasteiger charge is 2.16. The molecule has 0 spiro atoms. The maximum atomic E-state index is 12.2. The third-order valence-corrected chi connectivity index (χ3v) is 4.43. The predicted molar refractivity (Wildman–Crippen MR) is 112 cm³/mol. The average Bonchev–Trinajstić information content (AvgIpc) is 2.72. The first-order valence-electron chi connectivity index (χ1n) is 9.36. The molecule has 6 nitrogen and oxygen atoms in total. The summed E-state index contributed by atoms with van der Waals surface area (Å²) in [4.78, 5) is 24.1. The summed E-state index contributed by atoms with van der Waals surface area (Å²) in [5, 5.41) is 2.11. The van der Waals surface area contributed by atoms with Crippen LogP contribution in [0.25, 0.3) is 10.8 Å². The summed E-state index contributed by atoms with van der Waals surface area (Å²) in [6.45, 7) is 5.26. The number of amides is 2. The Kier molecular flexibility index (Phi) is 6.34. The molecule has 0 aromatic heterocycles. The fourth-order valence-corrected chi connectivity index (χ4v) is 2.77. The predicted octanol–water partition coefficient (Wildman–Crippen LogP) is 3.45. The van der Waals surface area contributed by atoms with Crippen molar-refractivity contribution in [2.24, 2.45) is 0 Å². The summed E-state index contributed by atoms with van der Waals surface area (Å²) in [5.74, 6) is 0.297. The molecule has 0 radical (unpaired) electrons. The SMILES string of the molecule is Cc1ccc(C)c(OCC(=O)NNC(=O)[C@@H](C)Oc2ccc3ccccc3c2)c1. The van der Waals surface area contributed by atoms with E-state index in [1.165, 1.54) is 0 Å². The standard InChI is InChI=1S/C23H24N2O4/c1-15-8-9-16(2)21(12-15)28-14-22(26)24-25-23(27)17(3)29-20-11-10-18-6-4-5-7-19(18)13-20/h4-13,17H,14H2,1-3H3,(H,24,26)(H,25,27)/t17-/m1/s1. The number of aryl methyl sites for hydroxylation is 2. The molecule has 0 bridgehead atoms. The first kappa shape index (κ1) is 20.2. The first-order valence-corrected chi connectivity index (χ1v) is 9.36. The van der Waals surface area contributed by atoms with Gasteiger partial charge in [-0.3, -0.25) is 20.4 Å². The van der Waals surface area contributed by atoms with Gasteiger partial charge in [-0.15, -0.1) is 0 Å². The molecule has 3 aromatic carbocycles. The molecule has 0 aliphatic carbocycles. The summed E-state index contributed by atoms with van der Waals surface area (Å²) in [6.07, 6.45) is -0.781. The smallest absolute Gasteiger partial charge is 0.279 e. The van der Waals surface area contributed by atoms with Crippen molar-refractivity contribution in [1.82, 2.24) is 10.9 Å². The van der Waals surface area contributed by atoms with Gasteiger partial charge in [0.2, 0.25) is 0 Å². The molecular formula is C23H24N2O4. The Morgan fingerprint density at radius 2 is 1.69 bits per heavy atom. The summed E-state index contributed by atoms with van der Waals surface area (Å²) in [5.41, 5.74) is 6.67. The lowest BCUT2D eigenvalue weighted by Crippen LogP contribution is -2.48. The number of fused-ring (bicyclic) bond motifs is 1. The molecule has 0 heterocycles. The Hall–Kier alpha value is -3.54. The van der Waals surface area contributed by atoms with Crippen molar-refractivity contribution in [2.45, 2.75) is 26.9 Å². The Balaban J connectivity index is 1.47. The highest BCUT2D eigenvalue weighted by atomic mass is 16.5. The average molecular weight is 392 g/mol. The molecule has 0 unspecified atom stereocenters. The van der Waals surface area contributed by atoms with Gasteiger partial charge in [0.05, 0.1) is 0 Å². The van der Waals surface area contributed by atoms with Crippen LogP contribution in [0.3, 0.4) is 0 Å². The van der Waals surface area contributed by atoms with Gasteiger partial charge >= 0.3 is 0 Å². The number of rotatable bonds is 6. The zero-order valence-corrected chi connectivity index (χ0v) is 16.7. The lowest BCUT2D eigenvalue weighted by atomic mass is 10.1. The number of carbonyl (C=O) groups is 2. The van der Waals surface area contributed by atoms with Gasteiger partial charge in [0, 0.05) is 0 Å². The van der Waals surface area contributed by atoms with Crippen LogP contribution in [0.2, 0.25) is 0 Å². The fraction of sp³-hybridized carbons (Fsp3) is 0.217. The van der Waals surface area contributed by atoms with Crippen LogP contribution in [-0.2, 0) is 9.59 Å². The summed E-state index contributed by atoms with van der Waals surface area (Å²) >= 11 is 0. The van der Waals surface area contributed by atoms with Crippen LogP contribution >= 0.6 is 0 Å². The fourth-order valence-electron chi connectivity index (χ4n) is 2.77. The number of carbonyl (C=O) groups excluding carboxylic acids is 2. The number of nitrogens with one attached hydrogen (secondary N) is 2. The second kappa shape index (κ2) is 9.10. The number of hydrogen-bond donors (Lipinski definition) is 2. The van der Waals surface area contributed by atoms with Crippen molar-refractivity contribution in [3.8, 4) is 11.5 Å². The maximum Gasteiger partial charge on any atom is 0.279 e. The minimum Gasteiger partial charge on any atom is -0.483 e. The molecule has 0 saturated heterocycles. The van der Waals surface area contributed by atoms with Crippen molar-refractivity contribution in [3.05, 3.63) is 71.8 Å². The van der Waals surface area contributed by atoms with Crippen molar-refractivity contribution in [1.29, 1.82) is 0 Å². The molecule has 3 rings (SSSR count). The zero-order chi connectivity index (χ0) is 20.8. The van der Waals surface area contributed by atoms with Gasteiger partial charge in [-0.05, 0) is 60.9 Å². The van der Waals surface area contributed by atoms with Gasteiger partial charge in [0.25, 0.3) is 11.8 Å². The first-order chi connectivity index (χ1) is 13.9. The zero-order valence-electron chi connectivity index (χ0n) is 16.7. The minimum absolute atomic E-state index is 0.204. The van der Waals surface area contributed by atoms with Crippen molar-refractivity contribution >= 4 is 22.6 Å². The molecule has 0 aliphatic rings. The molecule has 150 valence electrons. The minimum atomic E-state index is -0.781. The lowest BCUT2D eigenvalue weighted by molar-refractivity contribution is -0.133. The Labute approximate surface area is 169 Å². The van der Waals surface area contributed by atoms with E-state index < -0.39 is 17.9 Å². The molecule has 0 fully saturated rings. The van der Waals surface area contributed by atoms with Gasteiger partial charge in [0.15, 0.2) is 12.7 Å². The summed E-state index contributed by atoms with van der Waals surface area (Å²) in [7, 11) is 0. The number of hydrazine groups is 1. The van der Waals surface area contributed by atoms with Crippen LogP contribution in [-0.4, -0.2) is 24.5 Å². The quantitative estimate of drug-likeness (QED) is 0.630. The largest absolute Gasteiger partial charge is 0.483 e. The molecule has 0 saturated carbocycles. The Morgan fingerprint density at radius 1 is 0.931 bits per heavy atom. The third kappa shape index (κ3) is 5.48. The van der Waals surface area contributed by atoms with E-state index in [-0.39, 0.29) is 6.61 Å². The van der Waals surface area contributed by atoms with Crippen LogP contribution in [0.4, 0.5) is 0 Å². The number of hydrogen-bond acceptors (Lipinski definition) is 4. The van der Waals surface area contributed by atoms with E-state index in [4.69, 9.17) is 9.47 Å². The molecule has 0 aliphatic heterocycles. The van der Waals surface area contributed by atoms with Crippen LogP contribution in [0, 0.1) is 13.8 Å². The van der Waals surface area contributed by atoms with Crippen LogP contribution in [0.15, 0.2) is 60.7 Å². The molecule has 29 heavy (non-hydrogen) atoms. The van der Waals surface area contributed by atoms with Crippen molar-refractivity contribution < 1.29 is 19.1 Å². The molecule has 6 heteroatoms. The van der Waals surface area contributed by atoms with E-state index in [2.05, 4.69) is 10.9 Å². The molecule has 3 aromatic rings. The molecule has 1 atom stereocenters. The lowest BCUT2D eigenvalue weighted by Gasteiger charge is -2.16. The van der Waals surface area contributed by atoms with Crippen molar-refractivity contribution in [2.75, 3.05) is 6.61 Å². The van der Waals surface area contributed by atoms with E-state index >= 15 is 0 Å². The number of benzene rings is 3. The van der Waals surface area contributed by atoms with Crippen LogP contribution < -0.4 is 20.3 Å². The molecule has 2 amide bonds. The number of ether oxygens (including phenoxy) is 2. The van der Waals surface area contributed by atoms with Gasteiger partial charge in [-0.2, -0.15) is 0 Å². The van der Waals surface area contributed by atoms with E-state index in [1.54, 1.807) is 6.92 Å². The Bertz CT molecular complexity index is 1030. The van der Waals surface area contributed by atoms with Crippen LogP contribution in [0.1, 0.15) is 18.1 Å². The van der Waals surface area contributed by atoms with Gasteiger partial charge in [0.1, 0.15) is 11.5 Å². The second-order valence-corrected chi connectivity index (χ2v) is 6.86. The van der Waals surface area contributed by atoms with E-state index in [1.807, 2.05) is 74.5 Å². The molecular weight excluding hydrogens is 368 g/mol. The van der Waals surface area contributed by atoms with Gasteiger partial charge in [-0.25, -0.2) is 0 Å². The topological polar surface area (TPSA) is 76.7 Å². The third-order valence-electron chi connectivity index (χ3n) is 4.43. The van der Waals surface area contributed by atoms with Crippen molar-refractivity contribution in [3.63, 3.8) is 0 Å². The monoisotopic (exact) mass is 392 g/mol. The summed E-state index contributed by atoms with van der Waals surface area (Å²) in [6, 6.07) is 19.3. The highest BCUT2D eigenvalue weighted by Crippen LogP contribution is 2.21. The Morgan fingerprint density at radius 3 is 2.48 bits per heavy atom. The van der Waals surface area contributed by atoms with E-state index in [0.29, 0.717) is 11.5 Å². The van der Waals surface area contributed by atoms with E-state index in [9.17, 15) is 9.59 Å². The summed E-state index contributed by atoms with van der Waals surface area (Å²) < 4.78 is 11.2. The van der Waals surface area contributed by atoms with Gasteiger partial charge < -0.3 is 9.47 Å². The van der Waals surface area contributed by atoms with Gasteiger partial charge in [-0.1, -0.05) is 42.5 Å². The normalized spacial score (nSPS) is 11.6. The maximum absolute atomic E-state index is 12.2. The molecule has 2 N–H and O–H groups in total. The van der Waals surface area contributed by atoms with E-state index in [0.717, 1.165) is 21.9 Å². The second-order valence-electron chi connectivity index (χ2n) is 6.86.